The molecule has 1 aromatic rings. The number of esters is 1. The van der Waals surface area contributed by atoms with E-state index in [2.05, 4.69) is 31.8 Å². The first-order chi connectivity index (χ1) is 10.7. The smallest absolute Gasteiger partial charge is 0.375 e. The van der Waals surface area contributed by atoms with Gasteiger partial charge in [-0.2, -0.15) is 0 Å². The standard InChI is InChI=1S/C15H20BrN3O3/c1-2-21-15(20)14(17-10-13-4-3-9-22-13)19-18-12-7-5-11(16)6-8-12/h5-8,13,18H,2-4,9-10H2,1H3,(H,17,19)/t13-/m0/s1. The molecule has 6 nitrogen and oxygen atoms in total. The van der Waals surface area contributed by atoms with Crippen molar-refractivity contribution in [3.63, 3.8) is 0 Å². The van der Waals surface area contributed by atoms with E-state index in [-0.39, 0.29) is 11.9 Å². The van der Waals surface area contributed by atoms with Crippen LogP contribution in [0.15, 0.2) is 33.7 Å². The number of benzene rings is 1. The number of carbonyl (C=O) groups is 1. The fraction of sp³-hybridized carbons (Fsp3) is 0.467. The predicted octanol–water partition coefficient (Wildman–Crippen LogP) is 2.51. The molecular weight excluding hydrogens is 350 g/mol. The van der Waals surface area contributed by atoms with Crippen LogP contribution in [0, 0.1) is 0 Å². The van der Waals surface area contributed by atoms with Gasteiger partial charge in [0.25, 0.3) is 0 Å². The Bertz CT molecular complexity index is 513. The largest absolute Gasteiger partial charge is 0.460 e. The molecular formula is C15H20BrN3O3. The Balaban J connectivity index is 1.95. The molecule has 1 aliphatic heterocycles. The van der Waals surface area contributed by atoms with Gasteiger partial charge in [0.05, 0.1) is 24.9 Å². The zero-order valence-corrected chi connectivity index (χ0v) is 14.1. The number of carbonyl (C=O) groups excluding carboxylic acids is 1. The van der Waals surface area contributed by atoms with Gasteiger partial charge < -0.3 is 9.47 Å². The summed E-state index contributed by atoms with van der Waals surface area (Å²) >= 11 is 3.37. The van der Waals surface area contributed by atoms with Crippen molar-refractivity contribution in [1.29, 1.82) is 0 Å². The molecule has 0 saturated carbocycles. The van der Waals surface area contributed by atoms with Gasteiger partial charge in [0.1, 0.15) is 0 Å². The highest BCUT2D eigenvalue weighted by Gasteiger charge is 2.17. The highest BCUT2D eigenvalue weighted by atomic mass is 79.9. The molecule has 1 atom stereocenters. The van der Waals surface area contributed by atoms with E-state index in [1.165, 1.54) is 0 Å². The SMILES string of the molecule is CCOC(=O)C(=NC[C@@H]1CCCO1)NNc1ccc(Br)cc1. The second-order valence-electron chi connectivity index (χ2n) is 4.80. The lowest BCUT2D eigenvalue weighted by molar-refractivity contribution is -0.135. The number of aliphatic imine (C=N–C) groups is 1. The molecule has 0 aliphatic carbocycles. The Hall–Kier alpha value is -1.60. The molecule has 0 aromatic heterocycles. The summed E-state index contributed by atoms with van der Waals surface area (Å²) in [5.74, 6) is -0.328. The van der Waals surface area contributed by atoms with Crippen LogP contribution < -0.4 is 10.9 Å². The molecule has 1 aliphatic rings. The summed E-state index contributed by atoms with van der Waals surface area (Å²) in [6.07, 6.45) is 2.10. The Kier molecular flexibility index (Phi) is 6.67. The first-order valence-electron chi connectivity index (χ1n) is 7.30. The number of halogens is 1. The topological polar surface area (TPSA) is 72.0 Å². The zero-order chi connectivity index (χ0) is 15.8. The quantitative estimate of drug-likeness (QED) is 0.361. The highest BCUT2D eigenvalue weighted by Crippen LogP contribution is 2.14. The third-order valence-electron chi connectivity index (χ3n) is 3.12. The van der Waals surface area contributed by atoms with Gasteiger partial charge in [-0.1, -0.05) is 15.9 Å². The molecule has 1 saturated heterocycles. The number of nitrogens with one attached hydrogen (secondary N) is 2. The number of hydrogen-bond acceptors (Lipinski definition) is 5. The van der Waals surface area contributed by atoms with Crippen LogP contribution in [0.2, 0.25) is 0 Å². The first-order valence-corrected chi connectivity index (χ1v) is 8.09. The summed E-state index contributed by atoms with van der Waals surface area (Å²) < 4.78 is 11.5. The minimum atomic E-state index is -0.481. The molecule has 1 heterocycles. The van der Waals surface area contributed by atoms with Crippen molar-refractivity contribution in [3.05, 3.63) is 28.7 Å². The maximum absolute atomic E-state index is 11.9. The molecule has 22 heavy (non-hydrogen) atoms. The molecule has 0 spiro atoms. The average Bonchev–Trinajstić information content (AvgIpc) is 3.02. The molecule has 2 N–H and O–H groups in total. The van der Waals surface area contributed by atoms with Crippen LogP contribution in [-0.2, 0) is 14.3 Å². The molecule has 0 bridgehead atoms. The summed E-state index contributed by atoms with van der Waals surface area (Å²) in [5.41, 5.74) is 6.58. The van der Waals surface area contributed by atoms with Crippen LogP contribution >= 0.6 is 15.9 Å². The third-order valence-corrected chi connectivity index (χ3v) is 3.64. The molecule has 0 amide bonds. The summed E-state index contributed by atoms with van der Waals surface area (Å²) in [5, 5.41) is 0. The van der Waals surface area contributed by atoms with Crippen molar-refractivity contribution >= 4 is 33.4 Å². The Morgan fingerprint density at radius 1 is 1.45 bits per heavy atom. The Morgan fingerprint density at radius 3 is 2.86 bits per heavy atom. The Morgan fingerprint density at radius 2 is 2.23 bits per heavy atom. The fourth-order valence-electron chi connectivity index (χ4n) is 2.00. The van der Waals surface area contributed by atoms with E-state index in [9.17, 15) is 4.79 Å². The number of hydrazine groups is 1. The van der Waals surface area contributed by atoms with Gasteiger partial charge in [0.15, 0.2) is 0 Å². The van der Waals surface area contributed by atoms with Crippen LogP contribution in [0.4, 0.5) is 5.69 Å². The van der Waals surface area contributed by atoms with Gasteiger partial charge in [-0.3, -0.25) is 15.8 Å². The molecule has 0 radical (unpaired) electrons. The van der Waals surface area contributed by atoms with Gasteiger partial charge in [-0.25, -0.2) is 4.79 Å². The van der Waals surface area contributed by atoms with Crippen LogP contribution in [-0.4, -0.2) is 37.7 Å². The lowest BCUT2D eigenvalue weighted by atomic mass is 10.2. The summed E-state index contributed by atoms with van der Waals surface area (Å²) in [7, 11) is 0. The number of amidine groups is 1. The minimum absolute atomic E-state index is 0.0823. The molecule has 1 fully saturated rings. The van der Waals surface area contributed by atoms with Gasteiger partial charge in [-0.05, 0) is 44.0 Å². The zero-order valence-electron chi connectivity index (χ0n) is 12.5. The van der Waals surface area contributed by atoms with E-state index in [0.717, 1.165) is 29.6 Å². The molecule has 1 aromatic carbocycles. The van der Waals surface area contributed by atoms with Gasteiger partial charge in [0.2, 0.25) is 5.84 Å². The monoisotopic (exact) mass is 369 g/mol. The summed E-state index contributed by atoms with van der Waals surface area (Å²) in [4.78, 5) is 16.2. The Labute approximate surface area is 138 Å². The van der Waals surface area contributed by atoms with Gasteiger partial charge >= 0.3 is 5.97 Å². The lowest BCUT2D eigenvalue weighted by Gasteiger charge is -2.13. The van der Waals surface area contributed by atoms with Gasteiger partial charge in [0, 0.05) is 11.1 Å². The second kappa shape index (κ2) is 8.75. The van der Waals surface area contributed by atoms with Gasteiger partial charge in [-0.15, -0.1) is 0 Å². The first kappa shape index (κ1) is 16.8. The van der Waals surface area contributed by atoms with Crippen molar-refractivity contribution in [2.24, 2.45) is 4.99 Å². The fourth-order valence-corrected chi connectivity index (χ4v) is 2.26. The lowest BCUT2D eigenvalue weighted by Crippen LogP contribution is -2.37. The van der Waals surface area contributed by atoms with Crippen LogP contribution in [0.1, 0.15) is 19.8 Å². The molecule has 120 valence electrons. The maximum Gasteiger partial charge on any atom is 0.375 e. The van der Waals surface area contributed by atoms with Crippen LogP contribution in [0.25, 0.3) is 0 Å². The van der Waals surface area contributed by atoms with E-state index in [4.69, 9.17) is 9.47 Å². The van der Waals surface area contributed by atoms with Crippen molar-refractivity contribution in [2.45, 2.75) is 25.9 Å². The van der Waals surface area contributed by atoms with Crippen molar-refractivity contribution in [1.82, 2.24) is 5.43 Å². The molecule has 7 heteroatoms. The number of rotatable bonds is 5. The van der Waals surface area contributed by atoms with E-state index in [1.54, 1.807) is 6.92 Å². The van der Waals surface area contributed by atoms with E-state index < -0.39 is 5.97 Å². The van der Waals surface area contributed by atoms with Crippen LogP contribution in [0.5, 0.6) is 0 Å². The number of nitrogens with zero attached hydrogens (tertiary/aromatic N) is 1. The number of anilines is 1. The number of hydrogen-bond donors (Lipinski definition) is 2. The maximum atomic E-state index is 11.9. The summed E-state index contributed by atoms with van der Waals surface area (Å²) in [6.45, 7) is 3.28. The molecule has 0 unspecified atom stereocenters. The highest BCUT2D eigenvalue weighted by molar-refractivity contribution is 9.10. The number of ether oxygens (including phenoxy) is 2. The normalized spacial score (nSPS) is 18.1. The van der Waals surface area contributed by atoms with Crippen molar-refractivity contribution in [2.75, 3.05) is 25.2 Å². The van der Waals surface area contributed by atoms with E-state index in [1.807, 2.05) is 24.3 Å². The van der Waals surface area contributed by atoms with Crippen molar-refractivity contribution in [3.8, 4) is 0 Å². The van der Waals surface area contributed by atoms with Crippen LogP contribution in [0.3, 0.4) is 0 Å². The average molecular weight is 370 g/mol. The van der Waals surface area contributed by atoms with Crippen molar-refractivity contribution < 1.29 is 14.3 Å². The summed E-state index contributed by atoms with van der Waals surface area (Å²) in [6, 6.07) is 7.55. The van der Waals surface area contributed by atoms with E-state index in [0.29, 0.717) is 13.2 Å². The predicted molar refractivity (Wildman–Crippen MR) is 88.8 cm³/mol. The third kappa shape index (κ3) is 5.31. The molecule has 2 rings (SSSR count). The second-order valence-corrected chi connectivity index (χ2v) is 5.72. The van der Waals surface area contributed by atoms with E-state index >= 15 is 0 Å². The minimum Gasteiger partial charge on any atom is -0.460 e.